The summed E-state index contributed by atoms with van der Waals surface area (Å²) in [5.41, 5.74) is 0.413. The van der Waals surface area contributed by atoms with Gasteiger partial charge in [0.15, 0.2) is 0 Å². The number of H-pyrrole nitrogens is 1. The summed E-state index contributed by atoms with van der Waals surface area (Å²) in [6.45, 7) is 2.02. The first-order valence-corrected chi connectivity index (χ1v) is 5.29. The Hall–Kier alpha value is -1.95. The minimum absolute atomic E-state index is 0.244. The first-order valence-electron chi connectivity index (χ1n) is 4.91. The van der Waals surface area contributed by atoms with Gasteiger partial charge >= 0.3 is 0 Å². The summed E-state index contributed by atoms with van der Waals surface area (Å²) in [6, 6.07) is 0. The summed E-state index contributed by atoms with van der Waals surface area (Å²) < 4.78 is 0. The monoisotopic (exact) mass is 251 g/mol. The van der Waals surface area contributed by atoms with Crippen molar-refractivity contribution in [3.63, 3.8) is 0 Å². The number of hydrogen-bond acceptors (Lipinski definition) is 4. The van der Waals surface area contributed by atoms with Gasteiger partial charge in [0.2, 0.25) is 0 Å². The zero-order valence-corrected chi connectivity index (χ0v) is 9.82. The second-order valence-corrected chi connectivity index (χ2v) is 3.82. The number of nitrogens with one attached hydrogen (secondary N) is 2. The number of nitrogens with zero attached hydrogens (tertiary/aromatic N) is 3. The summed E-state index contributed by atoms with van der Waals surface area (Å²) >= 11 is 5.65. The van der Waals surface area contributed by atoms with Crippen molar-refractivity contribution < 1.29 is 4.79 Å². The molecule has 2 N–H and O–H groups in total. The molecule has 88 valence electrons. The average Bonchev–Trinajstić information content (AvgIpc) is 2.75. The van der Waals surface area contributed by atoms with Crippen LogP contribution in [0, 0.1) is 6.92 Å². The van der Waals surface area contributed by atoms with E-state index in [1.54, 1.807) is 6.92 Å². The number of carbonyl (C=O) groups excluding carboxylic acids is 1. The molecular formula is C10H10ClN5O. The SMILES string of the molecule is Cc1ncc(C(=O)NCc2ncc(Cl)cn2)[nH]1. The number of aromatic nitrogens is 4. The molecule has 2 aromatic heterocycles. The molecule has 0 spiro atoms. The highest BCUT2D eigenvalue weighted by Gasteiger charge is 2.08. The molecule has 6 nitrogen and oxygen atoms in total. The molecule has 17 heavy (non-hydrogen) atoms. The van der Waals surface area contributed by atoms with E-state index in [-0.39, 0.29) is 12.5 Å². The van der Waals surface area contributed by atoms with Crippen molar-refractivity contribution in [2.24, 2.45) is 0 Å². The van der Waals surface area contributed by atoms with Gasteiger partial charge in [0.05, 0.1) is 17.8 Å². The van der Waals surface area contributed by atoms with Gasteiger partial charge in [0.25, 0.3) is 5.91 Å². The van der Waals surface area contributed by atoms with E-state index in [0.717, 1.165) is 0 Å². The molecule has 7 heteroatoms. The van der Waals surface area contributed by atoms with Gasteiger partial charge in [-0.15, -0.1) is 0 Å². The molecule has 0 radical (unpaired) electrons. The van der Waals surface area contributed by atoms with E-state index >= 15 is 0 Å². The fourth-order valence-corrected chi connectivity index (χ4v) is 1.32. The number of aromatic amines is 1. The fourth-order valence-electron chi connectivity index (χ4n) is 1.22. The fraction of sp³-hybridized carbons (Fsp3) is 0.200. The van der Waals surface area contributed by atoms with Crippen LogP contribution in [-0.4, -0.2) is 25.8 Å². The minimum Gasteiger partial charge on any atom is -0.343 e. The molecular weight excluding hydrogens is 242 g/mol. The van der Waals surface area contributed by atoms with Crippen LogP contribution in [0.4, 0.5) is 0 Å². The lowest BCUT2D eigenvalue weighted by atomic mass is 10.4. The molecule has 1 amide bonds. The molecule has 0 aliphatic heterocycles. The zero-order chi connectivity index (χ0) is 12.3. The number of rotatable bonds is 3. The number of carbonyl (C=O) groups is 1. The molecule has 0 bridgehead atoms. The van der Waals surface area contributed by atoms with Gasteiger partial charge in [0, 0.05) is 12.4 Å². The summed E-state index contributed by atoms with van der Waals surface area (Å²) in [7, 11) is 0. The van der Waals surface area contributed by atoms with Gasteiger partial charge in [-0.2, -0.15) is 0 Å². The van der Waals surface area contributed by atoms with Crippen LogP contribution in [0.5, 0.6) is 0 Å². The molecule has 2 heterocycles. The quantitative estimate of drug-likeness (QED) is 0.855. The van der Waals surface area contributed by atoms with Gasteiger partial charge in [0.1, 0.15) is 17.3 Å². The van der Waals surface area contributed by atoms with Crippen LogP contribution in [0.3, 0.4) is 0 Å². The van der Waals surface area contributed by atoms with Crippen LogP contribution in [0.1, 0.15) is 22.1 Å². The Bertz CT molecular complexity index is 522. The van der Waals surface area contributed by atoms with E-state index in [2.05, 4.69) is 25.3 Å². The summed E-state index contributed by atoms with van der Waals surface area (Å²) in [5.74, 6) is 0.945. The van der Waals surface area contributed by atoms with Crippen molar-refractivity contribution in [2.75, 3.05) is 0 Å². The molecule has 0 atom stereocenters. The normalized spacial score (nSPS) is 10.2. The van der Waals surface area contributed by atoms with Crippen molar-refractivity contribution in [1.82, 2.24) is 25.3 Å². The average molecular weight is 252 g/mol. The topological polar surface area (TPSA) is 83.6 Å². The maximum absolute atomic E-state index is 11.6. The van der Waals surface area contributed by atoms with Gasteiger partial charge < -0.3 is 10.3 Å². The minimum atomic E-state index is -0.246. The summed E-state index contributed by atoms with van der Waals surface area (Å²) in [4.78, 5) is 26.3. The number of aryl methyl sites for hydroxylation is 1. The van der Waals surface area contributed by atoms with Gasteiger partial charge in [-0.05, 0) is 6.92 Å². The van der Waals surface area contributed by atoms with Crippen LogP contribution in [-0.2, 0) is 6.54 Å². The molecule has 0 saturated heterocycles. The summed E-state index contributed by atoms with van der Waals surface area (Å²) in [5, 5.41) is 3.13. The highest BCUT2D eigenvalue weighted by Crippen LogP contribution is 2.02. The Kier molecular flexibility index (Phi) is 3.34. The Morgan fingerprint density at radius 2 is 2.06 bits per heavy atom. The van der Waals surface area contributed by atoms with Crippen molar-refractivity contribution in [1.29, 1.82) is 0 Å². The van der Waals surface area contributed by atoms with Gasteiger partial charge in [-0.25, -0.2) is 15.0 Å². The molecule has 0 aliphatic carbocycles. The maximum Gasteiger partial charge on any atom is 0.269 e. The number of halogens is 1. The van der Waals surface area contributed by atoms with Crippen LogP contribution < -0.4 is 5.32 Å². The van der Waals surface area contributed by atoms with Crippen LogP contribution in [0.2, 0.25) is 5.02 Å². The maximum atomic E-state index is 11.6. The first-order chi connectivity index (χ1) is 8.15. The standard InChI is InChI=1S/C10H10ClN5O/c1-6-12-4-8(16-6)10(17)15-5-9-13-2-7(11)3-14-9/h2-4H,5H2,1H3,(H,12,16)(H,15,17). The predicted molar refractivity (Wildman–Crippen MR) is 61.5 cm³/mol. The molecule has 2 aromatic rings. The summed E-state index contributed by atoms with van der Waals surface area (Å²) in [6.07, 6.45) is 4.44. The van der Waals surface area contributed by atoms with Crippen molar-refractivity contribution in [3.05, 3.63) is 41.0 Å². The smallest absolute Gasteiger partial charge is 0.269 e. The third-order valence-electron chi connectivity index (χ3n) is 2.03. The lowest BCUT2D eigenvalue weighted by molar-refractivity contribution is 0.0945. The largest absolute Gasteiger partial charge is 0.343 e. The molecule has 0 fully saturated rings. The third-order valence-corrected chi connectivity index (χ3v) is 2.22. The van der Waals surface area contributed by atoms with Crippen LogP contribution in [0.15, 0.2) is 18.6 Å². The van der Waals surface area contributed by atoms with E-state index in [4.69, 9.17) is 11.6 Å². The van der Waals surface area contributed by atoms with E-state index in [9.17, 15) is 4.79 Å². The van der Waals surface area contributed by atoms with E-state index in [0.29, 0.717) is 22.4 Å². The van der Waals surface area contributed by atoms with Crippen LogP contribution >= 0.6 is 11.6 Å². The van der Waals surface area contributed by atoms with Gasteiger partial charge in [-0.1, -0.05) is 11.6 Å². The highest BCUT2D eigenvalue weighted by molar-refractivity contribution is 6.30. The van der Waals surface area contributed by atoms with Crippen molar-refractivity contribution in [3.8, 4) is 0 Å². The lowest BCUT2D eigenvalue weighted by Gasteiger charge is -2.02. The van der Waals surface area contributed by atoms with E-state index in [1.165, 1.54) is 18.6 Å². The molecule has 0 aliphatic rings. The van der Waals surface area contributed by atoms with Crippen LogP contribution in [0.25, 0.3) is 0 Å². The van der Waals surface area contributed by atoms with Gasteiger partial charge in [-0.3, -0.25) is 4.79 Å². The second kappa shape index (κ2) is 4.92. The second-order valence-electron chi connectivity index (χ2n) is 3.38. The van der Waals surface area contributed by atoms with E-state index < -0.39 is 0 Å². The Morgan fingerprint density at radius 1 is 1.35 bits per heavy atom. The number of hydrogen-bond donors (Lipinski definition) is 2. The zero-order valence-electron chi connectivity index (χ0n) is 9.07. The molecule has 0 aromatic carbocycles. The Balaban J connectivity index is 1.94. The van der Waals surface area contributed by atoms with Crippen molar-refractivity contribution >= 4 is 17.5 Å². The first kappa shape index (κ1) is 11.5. The third kappa shape index (κ3) is 3.01. The van der Waals surface area contributed by atoms with E-state index in [1.807, 2.05) is 0 Å². The Labute approximate surface area is 102 Å². The highest BCUT2D eigenvalue weighted by atomic mass is 35.5. The predicted octanol–water partition coefficient (Wildman–Crippen LogP) is 1.09. The number of amides is 1. The molecule has 2 rings (SSSR count). The molecule has 0 unspecified atom stereocenters. The Morgan fingerprint density at radius 3 is 2.65 bits per heavy atom. The number of imidazole rings is 1. The molecule has 0 saturated carbocycles. The lowest BCUT2D eigenvalue weighted by Crippen LogP contribution is -2.24. The van der Waals surface area contributed by atoms with Crippen molar-refractivity contribution in [2.45, 2.75) is 13.5 Å².